The minimum absolute atomic E-state index is 0.148. The highest BCUT2D eigenvalue weighted by molar-refractivity contribution is 7.85. The van der Waals surface area contributed by atoms with Crippen molar-refractivity contribution in [1.29, 1.82) is 0 Å². The number of anilines is 2. The molecule has 0 atom stereocenters. The van der Waals surface area contributed by atoms with Crippen molar-refractivity contribution >= 4 is 33.6 Å². The zero-order valence-corrected chi connectivity index (χ0v) is 28.2. The van der Waals surface area contributed by atoms with Crippen LogP contribution in [0.2, 0.25) is 0 Å². The molecule has 50 heavy (non-hydrogen) atoms. The summed E-state index contributed by atoms with van der Waals surface area (Å²) in [6.07, 6.45) is 2.66. The average molecular weight is 721 g/mol. The minimum Gasteiger partial charge on any atom is -0.474 e. The summed E-state index contributed by atoms with van der Waals surface area (Å²) in [4.78, 5) is 31.3. The Balaban J connectivity index is 0.00000105. The van der Waals surface area contributed by atoms with Gasteiger partial charge in [-0.2, -0.15) is 13.5 Å². The van der Waals surface area contributed by atoms with Crippen LogP contribution in [0.5, 0.6) is 5.88 Å². The van der Waals surface area contributed by atoms with Crippen LogP contribution in [0.1, 0.15) is 41.4 Å². The number of hydrogen-bond acceptors (Lipinski definition) is 7. The average Bonchev–Trinajstić information content (AvgIpc) is 3.48. The number of hydrogen-bond donors (Lipinski definition) is 3. The van der Waals surface area contributed by atoms with E-state index in [4.69, 9.17) is 9.29 Å². The fraction of sp³-hybridized carbons (Fsp3) is 0.333. The highest BCUT2D eigenvalue weighted by Crippen LogP contribution is 2.29. The molecule has 0 bridgehead atoms. The van der Waals surface area contributed by atoms with Crippen molar-refractivity contribution in [1.82, 2.24) is 19.7 Å². The molecule has 1 saturated heterocycles. The van der Waals surface area contributed by atoms with Crippen molar-refractivity contribution < 1.29 is 44.9 Å². The third-order valence-electron chi connectivity index (χ3n) is 7.62. The summed E-state index contributed by atoms with van der Waals surface area (Å²) in [6.45, 7) is 1.86. The Kier molecular flexibility index (Phi) is 12.2. The molecule has 5 rings (SSSR count). The molecule has 3 amide bonds. The van der Waals surface area contributed by atoms with E-state index in [2.05, 4.69) is 20.7 Å². The standard InChI is InChI=1S/C32H32F4N6O3.CH4O3S/c1-20-6-8-22(9-7-20)42-27(17-26(40-42)32(2,18-33)19-34)39-31(44)38-21-10-13-37-28(16-21)45-23-11-14-41(15-12-23)30(43)29-24(35)4-3-5-25(29)36;1-5(2,3)4/h3-10,13,16-17,23H,11-12,14-15,18-19H2,1-2H3,(H2,37,38,39,44);1H3,(H,2,3,4). The number of nitrogens with zero attached hydrogens (tertiary/aromatic N) is 4. The van der Waals surface area contributed by atoms with Gasteiger partial charge >= 0.3 is 6.03 Å². The largest absolute Gasteiger partial charge is 0.474 e. The van der Waals surface area contributed by atoms with Crippen LogP contribution in [0.15, 0.2) is 66.9 Å². The molecule has 0 saturated carbocycles. The van der Waals surface area contributed by atoms with Gasteiger partial charge in [-0.3, -0.25) is 14.7 Å². The normalized spacial score (nSPS) is 13.6. The fourth-order valence-electron chi connectivity index (χ4n) is 4.86. The van der Waals surface area contributed by atoms with Crippen LogP contribution in [0.25, 0.3) is 5.69 Å². The lowest BCUT2D eigenvalue weighted by Gasteiger charge is -2.32. The summed E-state index contributed by atoms with van der Waals surface area (Å²) >= 11 is 0. The summed E-state index contributed by atoms with van der Waals surface area (Å²) in [5.41, 5.74) is 0.0517. The van der Waals surface area contributed by atoms with Crippen LogP contribution in [0.4, 0.5) is 33.9 Å². The predicted octanol–water partition coefficient (Wildman–Crippen LogP) is 5.88. The maximum absolute atomic E-state index is 14.1. The number of likely N-dealkylation sites (tertiary alicyclic amines) is 1. The molecular weight excluding hydrogens is 684 g/mol. The van der Waals surface area contributed by atoms with Crippen molar-refractivity contribution in [3.63, 3.8) is 0 Å². The molecule has 0 unspecified atom stereocenters. The number of nitrogens with one attached hydrogen (secondary N) is 2. The Hall–Kier alpha value is -5.03. The number of pyridine rings is 1. The van der Waals surface area contributed by atoms with Gasteiger partial charge in [0.05, 0.1) is 23.1 Å². The second-order valence-corrected chi connectivity index (χ2v) is 13.4. The minimum atomic E-state index is -3.67. The van der Waals surface area contributed by atoms with Gasteiger partial charge in [0.2, 0.25) is 5.88 Å². The van der Waals surface area contributed by atoms with Crippen LogP contribution in [0.3, 0.4) is 0 Å². The number of benzene rings is 2. The summed E-state index contributed by atoms with van der Waals surface area (Å²) in [5.74, 6) is -2.09. The van der Waals surface area contributed by atoms with Crippen LogP contribution in [0, 0.1) is 18.6 Å². The molecule has 1 fully saturated rings. The molecule has 0 spiro atoms. The molecule has 0 radical (unpaired) electrons. The fourth-order valence-corrected chi connectivity index (χ4v) is 4.86. The van der Waals surface area contributed by atoms with Gasteiger partial charge in [0.1, 0.15) is 42.5 Å². The first-order chi connectivity index (χ1) is 23.6. The third-order valence-corrected chi connectivity index (χ3v) is 7.62. The van der Waals surface area contributed by atoms with Crippen molar-refractivity contribution in [3.05, 3.63) is 95.3 Å². The van der Waals surface area contributed by atoms with Crippen molar-refractivity contribution in [3.8, 4) is 11.6 Å². The molecule has 4 aromatic rings. The Morgan fingerprint density at radius 2 is 1.60 bits per heavy atom. The molecule has 268 valence electrons. The highest BCUT2D eigenvalue weighted by Gasteiger charge is 2.32. The zero-order valence-electron chi connectivity index (χ0n) is 27.4. The van der Waals surface area contributed by atoms with Gasteiger partial charge in [-0.05, 0) is 44.2 Å². The number of aromatic nitrogens is 3. The molecule has 3 heterocycles. The maximum Gasteiger partial charge on any atom is 0.324 e. The topological polar surface area (TPSA) is 156 Å². The summed E-state index contributed by atoms with van der Waals surface area (Å²) in [6, 6.07) is 14.5. The van der Waals surface area contributed by atoms with E-state index in [9.17, 15) is 35.6 Å². The van der Waals surface area contributed by atoms with Gasteiger partial charge in [-0.25, -0.2) is 32.0 Å². The van der Waals surface area contributed by atoms with E-state index in [1.165, 1.54) is 40.9 Å². The molecule has 1 aliphatic rings. The number of amides is 3. The lowest BCUT2D eigenvalue weighted by molar-refractivity contribution is 0.0579. The number of alkyl halides is 2. The van der Waals surface area contributed by atoms with E-state index < -0.39 is 58.0 Å². The van der Waals surface area contributed by atoms with Gasteiger partial charge in [0, 0.05) is 49.9 Å². The van der Waals surface area contributed by atoms with Gasteiger partial charge in [0.15, 0.2) is 0 Å². The number of piperidine rings is 1. The number of urea groups is 1. The Bertz CT molecular complexity index is 1890. The van der Waals surface area contributed by atoms with Crippen molar-refractivity contribution in [2.24, 2.45) is 0 Å². The maximum atomic E-state index is 14.1. The van der Waals surface area contributed by atoms with E-state index >= 15 is 0 Å². The SMILES string of the molecule is CS(=O)(=O)O.Cc1ccc(-n2nc(C(C)(CF)CF)cc2NC(=O)Nc2ccnc(OC3CCN(C(=O)c4c(F)cccc4F)CC3)c2)cc1. The molecular formula is C33H36F4N6O6S. The summed E-state index contributed by atoms with van der Waals surface area (Å²) in [5, 5.41) is 9.81. The molecule has 0 aliphatic carbocycles. The smallest absolute Gasteiger partial charge is 0.324 e. The lowest BCUT2D eigenvalue weighted by Crippen LogP contribution is -2.42. The van der Waals surface area contributed by atoms with E-state index in [1.807, 2.05) is 19.1 Å². The van der Waals surface area contributed by atoms with Crippen LogP contribution >= 0.6 is 0 Å². The van der Waals surface area contributed by atoms with Gasteiger partial charge in [-0.1, -0.05) is 23.8 Å². The molecule has 2 aromatic heterocycles. The monoisotopic (exact) mass is 720 g/mol. The highest BCUT2D eigenvalue weighted by atomic mass is 32.2. The molecule has 1 aliphatic heterocycles. The lowest BCUT2D eigenvalue weighted by atomic mass is 9.90. The second-order valence-electron chi connectivity index (χ2n) is 11.9. The van der Waals surface area contributed by atoms with Crippen molar-refractivity contribution in [2.75, 3.05) is 43.3 Å². The van der Waals surface area contributed by atoms with E-state index in [-0.39, 0.29) is 36.6 Å². The van der Waals surface area contributed by atoms with Crippen LogP contribution in [-0.2, 0) is 15.5 Å². The third kappa shape index (κ3) is 10.0. The Labute approximate surface area is 286 Å². The summed E-state index contributed by atoms with van der Waals surface area (Å²) in [7, 11) is -3.67. The molecule has 3 N–H and O–H groups in total. The zero-order chi connectivity index (χ0) is 36.6. The number of rotatable bonds is 9. The molecule has 12 nitrogen and oxygen atoms in total. The first kappa shape index (κ1) is 37.8. The van der Waals surface area contributed by atoms with Crippen LogP contribution < -0.4 is 15.4 Å². The van der Waals surface area contributed by atoms with Gasteiger partial charge < -0.3 is 15.0 Å². The van der Waals surface area contributed by atoms with Crippen molar-refractivity contribution in [2.45, 2.75) is 38.2 Å². The second kappa shape index (κ2) is 16.1. The Morgan fingerprint density at radius 1 is 1.00 bits per heavy atom. The van der Waals surface area contributed by atoms with E-state index in [0.717, 1.165) is 17.7 Å². The number of ether oxygens (including phenoxy) is 1. The number of carbonyl (C=O) groups is 2. The number of aryl methyl sites for hydroxylation is 1. The first-order valence-corrected chi connectivity index (χ1v) is 17.1. The molecule has 2 aromatic carbocycles. The Morgan fingerprint density at radius 3 is 2.18 bits per heavy atom. The molecule has 17 heteroatoms. The van der Waals surface area contributed by atoms with E-state index in [0.29, 0.717) is 30.5 Å². The number of halogens is 4. The van der Waals surface area contributed by atoms with E-state index in [1.54, 1.807) is 18.2 Å². The quantitative estimate of drug-likeness (QED) is 0.143. The number of carbonyl (C=O) groups excluding carboxylic acids is 2. The van der Waals surface area contributed by atoms with Gasteiger partial charge in [0.25, 0.3) is 16.0 Å². The summed E-state index contributed by atoms with van der Waals surface area (Å²) < 4.78 is 89.0. The van der Waals surface area contributed by atoms with Crippen LogP contribution in [-0.4, -0.2) is 83.4 Å². The predicted molar refractivity (Wildman–Crippen MR) is 178 cm³/mol. The van der Waals surface area contributed by atoms with Gasteiger partial charge in [-0.15, -0.1) is 0 Å². The first-order valence-electron chi connectivity index (χ1n) is 15.3.